The topological polar surface area (TPSA) is 77.0 Å². The van der Waals surface area contributed by atoms with Gasteiger partial charge < -0.3 is 10.6 Å². The molecule has 1 amide bonds. The van der Waals surface area contributed by atoms with E-state index in [2.05, 4.69) is 10.1 Å². The Kier molecular flexibility index (Phi) is 5.41. The number of aryl methyl sites for hydroxylation is 1. The first-order chi connectivity index (χ1) is 15.8. The zero-order valence-electron chi connectivity index (χ0n) is 17.7. The van der Waals surface area contributed by atoms with Crippen LogP contribution in [0, 0.1) is 0 Å². The molecule has 0 aliphatic carbocycles. The summed E-state index contributed by atoms with van der Waals surface area (Å²) >= 11 is 0. The van der Waals surface area contributed by atoms with Gasteiger partial charge in [0, 0.05) is 25.0 Å². The van der Waals surface area contributed by atoms with Crippen LogP contribution in [0.15, 0.2) is 48.7 Å². The average molecular weight is 481 g/mol. The largest absolute Gasteiger partial charge is 0.416 e. The number of carbonyl (C=O) groups excluding carboxylic acids is 1. The van der Waals surface area contributed by atoms with Gasteiger partial charge in [-0.3, -0.25) is 9.48 Å². The molecule has 0 spiro atoms. The van der Waals surface area contributed by atoms with Gasteiger partial charge in [-0.15, -0.1) is 0 Å². The molecular formula is C22H17F6N5O. The smallest absolute Gasteiger partial charge is 0.383 e. The predicted octanol–water partition coefficient (Wildman–Crippen LogP) is 5.10. The maximum atomic E-state index is 14.2. The molecule has 0 saturated heterocycles. The van der Waals surface area contributed by atoms with E-state index in [-0.39, 0.29) is 16.9 Å². The number of amides is 1. The van der Waals surface area contributed by atoms with E-state index >= 15 is 0 Å². The summed E-state index contributed by atoms with van der Waals surface area (Å²) in [7, 11) is 2.55. The SMILES string of the molecule is CN(C(=O)c1ccc(C(F)(F)F)cc1)C(c1ccc2nc(N)c3cnn(C)c3c2c1)C(F)(F)F. The first-order valence-electron chi connectivity index (χ1n) is 9.81. The third-order valence-electron chi connectivity index (χ3n) is 5.52. The second-order valence-electron chi connectivity index (χ2n) is 7.74. The third kappa shape index (κ3) is 3.99. The Hall–Kier alpha value is -3.83. The standard InChI is InChI=1S/C22H17F6N5O/c1-32(20(34)11-3-6-13(7-4-11)21(23,24)25)18(22(26,27)28)12-5-8-16-14(9-12)17-15(19(29)31-16)10-30-33(17)2/h3-10,18H,1-2H3,(H2,29,31). The Morgan fingerprint density at radius 3 is 2.26 bits per heavy atom. The quantitative estimate of drug-likeness (QED) is 0.413. The van der Waals surface area contributed by atoms with Crippen molar-refractivity contribution in [2.45, 2.75) is 18.4 Å². The number of benzene rings is 2. The first-order valence-corrected chi connectivity index (χ1v) is 9.81. The van der Waals surface area contributed by atoms with E-state index in [1.165, 1.54) is 29.1 Å². The lowest BCUT2D eigenvalue weighted by Crippen LogP contribution is -2.39. The molecule has 0 aliphatic rings. The molecule has 0 radical (unpaired) electrons. The van der Waals surface area contributed by atoms with Crippen LogP contribution in [-0.2, 0) is 13.2 Å². The van der Waals surface area contributed by atoms with Crippen molar-refractivity contribution >= 4 is 33.5 Å². The number of carbonyl (C=O) groups is 1. The number of nitrogen functional groups attached to an aromatic ring is 1. The minimum Gasteiger partial charge on any atom is -0.383 e. The Labute approximate surface area is 188 Å². The molecule has 4 aromatic rings. The van der Waals surface area contributed by atoms with Gasteiger partial charge in [-0.05, 0) is 42.0 Å². The van der Waals surface area contributed by atoms with Crippen molar-refractivity contribution in [2.24, 2.45) is 7.05 Å². The molecule has 178 valence electrons. The van der Waals surface area contributed by atoms with E-state index < -0.39 is 29.9 Å². The number of rotatable bonds is 3. The molecule has 2 aromatic carbocycles. The maximum absolute atomic E-state index is 14.2. The summed E-state index contributed by atoms with van der Waals surface area (Å²) in [4.78, 5) is 17.5. The van der Waals surface area contributed by atoms with Gasteiger partial charge in [0.25, 0.3) is 5.91 Å². The molecule has 2 N–H and O–H groups in total. The summed E-state index contributed by atoms with van der Waals surface area (Å²) in [6.07, 6.45) is -8.07. The highest BCUT2D eigenvalue weighted by molar-refractivity contribution is 6.07. The number of halogens is 6. The maximum Gasteiger partial charge on any atom is 0.416 e. The third-order valence-corrected chi connectivity index (χ3v) is 5.52. The molecule has 0 fully saturated rings. The lowest BCUT2D eigenvalue weighted by Gasteiger charge is -2.30. The molecule has 12 heteroatoms. The Morgan fingerprint density at radius 1 is 1.03 bits per heavy atom. The Bertz CT molecular complexity index is 1390. The van der Waals surface area contributed by atoms with E-state index in [0.717, 1.165) is 19.2 Å². The van der Waals surface area contributed by atoms with Crippen molar-refractivity contribution in [3.63, 3.8) is 0 Å². The van der Waals surface area contributed by atoms with Gasteiger partial charge in [-0.25, -0.2) is 4.98 Å². The van der Waals surface area contributed by atoms with Crippen LogP contribution < -0.4 is 5.73 Å². The van der Waals surface area contributed by atoms with Crippen molar-refractivity contribution in [3.05, 3.63) is 65.4 Å². The zero-order chi connectivity index (χ0) is 25.0. The molecule has 0 aliphatic heterocycles. The molecule has 34 heavy (non-hydrogen) atoms. The number of alkyl halides is 6. The van der Waals surface area contributed by atoms with Crippen LogP contribution in [0.3, 0.4) is 0 Å². The summed E-state index contributed by atoms with van der Waals surface area (Å²) in [5.74, 6) is -0.914. The average Bonchev–Trinajstić information content (AvgIpc) is 3.15. The fourth-order valence-electron chi connectivity index (χ4n) is 3.90. The molecule has 0 saturated carbocycles. The zero-order valence-corrected chi connectivity index (χ0v) is 17.7. The molecule has 0 bridgehead atoms. The molecule has 2 aromatic heterocycles. The van der Waals surface area contributed by atoms with Crippen LogP contribution in [0.2, 0.25) is 0 Å². The van der Waals surface area contributed by atoms with Crippen LogP contribution in [0.4, 0.5) is 32.2 Å². The highest BCUT2D eigenvalue weighted by Crippen LogP contribution is 2.40. The van der Waals surface area contributed by atoms with E-state index in [1.807, 2.05) is 0 Å². The van der Waals surface area contributed by atoms with Gasteiger partial charge in [0.2, 0.25) is 0 Å². The number of pyridine rings is 1. The number of fused-ring (bicyclic) bond motifs is 3. The Morgan fingerprint density at radius 2 is 1.68 bits per heavy atom. The van der Waals surface area contributed by atoms with E-state index in [1.54, 1.807) is 7.05 Å². The number of anilines is 1. The molecule has 1 atom stereocenters. The summed E-state index contributed by atoms with van der Waals surface area (Å²) < 4.78 is 82.3. The fraction of sp³-hybridized carbons (Fsp3) is 0.227. The van der Waals surface area contributed by atoms with Gasteiger partial charge in [0.05, 0.1) is 28.2 Å². The van der Waals surface area contributed by atoms with Crippen molar-refractivity contribution in [1.29, 1.82) is 0 Å². The normalized spacial score (nSPS) is 13.4. The van der Waals surface area contributed by atoms with Crippen LogP contribution in [-0.4, -0.2) is 38.8 Å². The van der Waals surface area contributed by atoms with Crippen molar-refractivity contribution in [2.75, 3.05) is 12.8 Å². The van der Waals surface area contributed by atoms with Crippen molar-refractivity contribution in [3.8, 4) is 0 Å². The molecular weight excluding hydrogens is 464 g/mol. The monoisotopic (exact) mass is 481 g/mol. The lowest BCUT2D eigenvalue weighted by atomic mass is 10.0. The number of hydrogen-bond acceptors (Lipinski definition) is 4. The van der Waals surface area contributed by atoms with Crippen LogP contribution in [0.5, 0.6) is 0 Å². The predicted molar refractivity (Wildman–Crippen MR) is 113 cm³/mol. The van der Waals surface area contributed by atoms with Gasteiger partial charge in [0.15, 0.2) is 6.04 Å². The summed E-state index contributed by atoms with van der Waals surface area (Å²) in [5, 5.41) is 4.90. The number of hydrogen-bond donors (Lipinski definition) is 1. The first kappa shape index (κ1) is 23.3. The number of nitrogens with zero attached hydrogens (tertiary/aromatic N) is 4. The Balaban J connectivity index is 1.79. The number of nitrogens with two attached hydrogens (primary N) is 1. The van der Waals surface area contributed by atoms with Crippen LogP contribution in [0.1, 0.15) is 27.5 Å². The second kappa shape index (κ2) is 7.89. The van der Waals surface area contributed by atoms with Crippen LogP contribution >= 0.6 is 0 Å². The van der Waals surface area contributed by atoms with E-state index in [4.69, 9.17) is 5.73 Å². The molecule has 1 unspecified atom stereocenters. The summed E-state index contributed by atoms with van der Waals surface area (Å²) in [6, 6.07) is 4.44. The molecule has 4 rings (SSSR count). The summed E-state index contributed by atoms with van der Waals surface area (Å²) in [5.41, 5.74) is 5.16. The molecule has 2 heterocycles. The van der Waals surface area contributed by atoms with Gasteiger partial charge in [-0.2, -0.15) is 31.4 Å². The molecule has 6 nitrogen and oxygen atoms in total. The number of aromatic nitrogens is 3. The van der Waals surface area contributed by atoms with Gasteiger partial charge in [-0.1, -0.05) is 6.07 Å². The second-order valence-corrected chi connectivity index (χ2v) is 7.74. The minimum atomic E-state index is -4.88. The van der Waals surface area contributed by atoms with E-state index in [0.29, 0.717) is 38.8 Å². The minimum absolute atomic E-state index is 0.172. The highest BCUT2D eigenvalue weighted by Gasteiger charge is 2.45. The van der Waals surface area contributed by atoms with E-state index in [9.17, 15) is 31.1 Å². The van der Waals surface area contributed by atoms with Crippen molar-refractivity contribution < 1.29 is 31.1 Å². The van der Waals surface area contributed by atoms with Crippen molar-refractivity contribution in [1.82, 2.24) is 19.7 Å². The fourth-order valence-corrected chi connectivity index (χ4v) is 3.90. The van der Waals surface area contributed by atoms with Gasteiger partial charge >= 0.3 is 12.4 Å². The lowest BCUT2D eigenvalue weighted by molar-refractivity contribution is -0.176. The van der Waals surface area contributed by atoms with Gasteiger partial charge in [0.1, 0.15) is 5.82 Å². The van der Waals surface area contributed by atoms with Crippen LogP contribution in [0.25, 0.3) is 21.8 Å². The highest BCUT2D eigenvalue weighted by atomic mass is 19.4. The summed E-state index contributed by atoms with van der Waals surface area (Å²) in [6.45, 7) is 0.